The molecule has 1 heterocycles. The molecular weight excluding hydrogens is 377 g/mol. The topological polar surface area (TPSA) is 56.0 Å². The Morgan fingerprint density at radius 2 is 1.38 bits per heavy atom. The third-order valence-corrected chi connectivity index (χ3v) is 4.68. The molecule has 3 nitrogen and oxygen atoms in total. The Morgan fingerprint density at radius 1 is 0.793 bits per heavy atom. The number of primary amides is 1. The van der Waals surface area contributed by atoms with Crippen molar-refractivity contribution in [1.82, 2.24) is 4.98 Å². The summed E-state index contributed by atoms with van der Waals surface area (Å²) in [6.45, 7) is 0. The van der Waals surface area contributed by atoms with E-state index in [4.69, 9.17) is 5.73 Å². The van der Waals surface area contributed by atoms with Crippen molar-refractivity contribution in [2.24, 2.45) is 5.73 Å². The van der Waals surface area contributed by atoms with E-state index in [1.165, 1.54) is 12.1 Å². The van der Waals surface area contributed by atoms with Gasteiger partial charge in [0, 0.05) is 16.5 Å². The highest BCUT2D eigenvalue weighted by molar-refractivity contribution is 6.14. The molecule has 144 valence electrons. The van der Waals surface area contributed by atoms with E-state index in [1.54, 1.807) is 54.6 Å². The number of nitrogens with zero attached hydrogens (tertiary/aromatic N) is 1. The predicted octanol–water partition coefficient (Wildman–Crippen LogP) is 5.69. The lowest BCUT2D eigenvalue weighted by molar-refractivity contribution is -0.136. The molecule has 0 radical (unpaired) electrons. The SMILES string of the molecule is NC(=O)c1c(-c2ccccc2)c(-c2ccccc2)nc2c(C(F)(F)F)cccc12. The zero-order valence-corrected chi connectivity index (χ0v) is 15.1. The van der Waals surface area contributed by atoms with Crippen LogP contribution in [-0.4, -0.2) is 10.9 Å². The zero-order chi connectivity index (χ0) is 20.6. The fourth-order valence-corrected chi connectivity index (χ4v) is 3.46. The number of aromatic nitrogens is 1. The number of hydrogen-bond acceptors (Lipinski definition) is 2. The maximum Gasteiger partial charge on any atom is 0.418 e. The van der Waals surface area contributed by atoms with E-state index in [0.717, 1.165) is 6.07 Å². The zero-order valence-electron chi connectivity index (χ0n) is 15.1. The largest absolute Gasteiger partial charge is 0.418 e. The number of alkyl halides is 3. The second-order valence-corrected chi connectivity index (χ2v) is 6.51. The number of carbonyl (C=O) groups excluding carboxylic acids is 1. The van der Waals surface area contributed by atoms with Gasteiger partial charge in [-0.15, -0.1) is 0 Å². The van der Waals surface area contributed by atoms with Crippen LogP contribution >= 0.6 is 0 Å². The number of rotatable bonds is 3. The highest BCUT2D eigenvalue weighted by Crippen LogP contribution is 2.41. The minimum atomic E-state index is -4.62. The maximum atomic E-state index is 13.7. The van der Waals surface area contributed by atoms with Gasteiger partial charge in [-0.1, -0.05) is 72.8 Å². The molecule has 3 aromatic carbocycles. The molecule has 0 atom stereocenters. The lowest BCUT2D eigenvalue weighted by Gasteiger charge is -2.18. The van der Waals surface area contributed by atoms with Crippen LogP contribution in [0.15, 0.2) is 78.9 Å². The molecule has 29 heavy (non-hydrogen) atoms. The molecule has 0 aliphatic rings. The van der Waals surface area contributed by atoms with Gasteiger partial charge >= 0.3 is 6.18 Å². The summed E-state index contributed by atoms with van der Waals surface area (Å²) in [5.41, 5.74) is 6.41. The molecule has 0 unspecified atom stereocenters. The Morgan fingerprint density at radius 3 is 1.93 bits per heavy atom. The van der Waals surface area contributed by atoms with Crippen LogP contribution in [0.1, 0.15) is 15.9 Å². The van der Waals surface area contributed by atoms with Crippen molar-refractivity contribution in [1.29, 1.82) is 0 Å². The van der Waals surface area contributed by atoms with E-state index < -0.39 is 17.6 Å². The van der Waals surface area contributed by atoms with Crippen molar-refractivity contribution in [3.8, 4) is 22.4 Å². The summed E-state index contributed by atoms with van der Waals surface area (Å²) in [5, 5.41) is 0.0749. The number of pyridine rings is 1. The van der Waals surface area contributed by atoms with Gasteiger partial charge in [0.1, 0.15) is 0 Å². The smallest absolute Gasteiger partial charge is 0.366 e. The highest BCUT2D eigenvalue weighted by atomic mass is 19.4. The van der Waals surface area contributed by atoms with Gasteiger partial charge in [-0.05, 0) is 11.6 Å². The van der Waals surface area contributed by atoms with Gasteiger partial charge in [0.15, 0.2) is 0 Å². The molecule has 0 saturated carbocycles. The van der Waals surface area contributed by atoms with Crippen molar-refractivity contribution in [3.63, 3.8) is 0 Å². The molecule has 0 spiro atoms. The summed E-state index contributed by atoms with van der Waals surface area (Å²) < 4.78 is 41.0. The van der Waals surface area contributed by atoms with Crippen molar-refractivity contribution in [2.75, 3.05) is 0 Å². The maximum absolute atomic E-state index is 13.7. The molecule has 0 aliphatic carbocycles. The number of hydrogen-bond donors (Lipinski definition) is 1. The molecule has 0 fully saturated rings. The molecule has 0 saturated heterocycles. The van der Waals surface area contributed by atoms with E-state index in [1.807, 2.05) is 6.07 Å². The summed E-state index contributed by atoms with van der Waals surface area (Å²) in [6, 6.07) is 21.4. The fraction of sp³-hybridized carbons (Fsp3) is 0.0435. The minimum Gasteiger partial charge on any atom is -0.366 e. The summed E-state index contributed by atoms with van der Waals surface area (Å²) in [7, 11) is 0. The summed E-state index contributed by atoms with van der Waals surface area (Å²) in [5.74, 6) is -0.812. The molecule has 6 heteroatoms. The van der Waals surface area contributed by atoms with Crippen molar-refractivity contribution in [3.05, 3.63) is 90.0 Å². The Hall–Kier alpha value is -3.67. The average Bonchev–Trinajstić information content (AvgIpc) is 2.72. The lowest BCUT2D eigenvalue weighted by atomic mass is 9.90. The van der Waals surface area contributed by atoms with Gasteiger partial charge in [0.05, 0.1) is 22.3 Å². The Bertz CT molecular complexity index is 1200. The number of benzene rings is 3. The monoisotopic (exact) mass is 392 g/mol. The molecular formula is C23H15F3N2O. The van der Waals surface area contributed by atoms with Crippen molar-refractivity contribution >= 4 is 16.8 Å². The van der Waals surface area contributed by atoms with Gasteiger partial charge in [-0.25, -0.2) is 4.98 Å². The predicted molar refractivity (Wildman–Crippen MR) is 106 cm³/mol. The van der Waals surface area contributed by atoms with Crippen molar-refractivity contribution < 1.29 is 18.0 Å². The van der Waals surface area contributed by atoms with Crippen LogP contribution in [-0.2, 0) is 6.18 Å². The molecule has 0 bridgehead atoms. The number of para-hydroxylation sites is 1. The van der Waals surface area contributed by atoms with Crippen LogP contribution in [0, 0.1) is 0 Å². The quantitative estimate of drug-likeness (QED) is 0.487. The normalized spacial score (nSPS) is 11.6. The van der Waals surface area contributed by atoms with Crippen LogP contribution in [0.25, 0.3) is 33.3 Å². The number of fused-ring (bicyclic) bond motifs is 1. The average molecular weight is 392 g/mol. The van der Waals surface area contributed by atoms with Crippen molar-refractivity contribution in [2.45, 2.75) is 6.18 Å². The van der Waals surface area contributed by atoms with Gasteiger partial charge < -0.3 is 5.73 Å². The van der Waals surface area contributed by atoms with Gasteiger partial charge in [-0.2, -0.15) is 13.2 Å². The first-order chi connectivity index (χ1) is 13.9. The van der Waals surface area contributed by atoms with Crippen LogP contribution in [0.2, 0.25) is 0 Å². The fourth-order valence-electron chi connectivity index (χ4n) is 3.46. The molecule has 2 N–H and O–H groups in total. The second-order valence-electron chi connectivity index (χ2n) is 6.51. The van der Waals surface area contributed by atoms with E-state index in [9.17, 15) is 18.0 Å². The third-order valence-electron chi connectivity index (χ3n) is 4.68. The highest BCUT2D eigenvalue weighted by Gasteiger charge is 2.34. The standard InChI is InChI=1S/C23H15F3N2O/c24-23(25,26)17-13-7-12-16-19(22(27)29)18(14-8-3-1-4-9-14)20(28-21(16)17)15-10-5-2-6-11-15/h1-13H,(H2,27,29). The van der Waals surface area contributed by atoms with E-state index in [0.29, 0.717) is 16.7 Å². The van der Waals surface area contributed by atoms with E-state index in [2.05, 4.69) is 4.98 Å². The summed E-state index contributed by atoms with van der Waals surface area (Å²) in [4.78, 5) is 16.9. The number of halogens is 3. The number of carbonyl (C=O) groups is 1. The summed E-state index contributed by atoms with van der Waals surface area (Å²) in [6.07, 6.45) is -4.62. The molecule has 1 aromatic heterocycles. The first kappa shape index (κ1) is 18.7. The van der Waals surface area contributed by atoms with Crippen LogP contribution in [0.5, 0.6) is 0 Å². The first-order valence-electron chi connectivity index (χ1n) is 8.82. The Balaban J connectivity index is 2.23. The van der Waals surface area contributed by atoms with E-state index >= 15 is 0 Å². The third kappa shape index (κ3) is 3.33. The van der Waals surface area contributed by atoms with Gasteiger partial charge in [-0.3, -0.25) is 4.79 Å². The number of nitrogens with two attached hydrogens (primary N) is 1. The molecule has 0 aliphatic heterocycles. The second kappa shape index (κ2) is 7.05. The van der Waals surface area contributed by atoms with Crippen LogP contribution < -0.4 is 5.73 Å². The Labute approximate surface area is 164 Å². The minimum absolute atomic E-state index is 0.0196. The van der Waals surface area contributed by atoms with Gasteiger partial charge in [0.2, 0.25) is 5.91 Å². The number of amides is 1. The van der Waals surface area contributed by atoms with Crippen LogP contribution in [0.4, 0.5) is 13.2 Å². The molecule has 1 amide bonds. The lowest BCUT2D eigenvalue weighted by Crippen LogP contribution is -2.16. The Kier molecular flexibility index (Phi) is 4.54. The molecule has 4 rings (SSSR count). The van der Waals surface area contributed by atoms with Crippen LogP contribution in [0.3, 0.4) is 0 Å². The summed E-state index contributed by atoms with van der Waals surface area (Å²) >= 11 is 0. The van der Waals surface area contributed by atoms with E-state index in [-0.39, 0.29) is 22.2 Å². The first-order valence-corrected chi connectivity index (χ1v) is 8.82. The van der Waals surface area contributed by atoms with Gasteiger partial charge in [0.25, 0.3) is 0 Å². The molecule has 4 aromatic rings.